The van der Waals surface area contributed by atoms with Crippen molar-refractivity contribution in [3.63, 3.8) is 0 Å². The highest BCUT2D eigenvalue weighted by Gasteiger charge is 2.28. The van der Waals surface area contributed by atoms with Crippen molar-refractivity contribution in [2.45, 2.75) is 17.9 Å². The van der Waals surface area contributed by atoms with Gasteiger partial charge in [0.25, 0.3) is 5.91 Å². The van der Waals surface area contributed by atoms with Crippen molar-refractivity contribution < 1.29 is 23.4 Å². The topological polar surface area (TPSA) is 150 Å². The smallest absolute Gasteiger partial charge is 0.254 e. The zero-order chi connectivity index (χ0) is 22.5. The van der Waals surface area contributed by atoms with Gasteiger partial charge in [0.2, 0.25) is 10.0 Å². The van der Waals surface area contributed by atoms with Crippen LogP contribution >= 0.6 is 23.2 Å². The molecule has 0 unspecified atom stereocenters. The van der Waals surface area contributed by atoms with Gasteiger partial charge in [-0.1, -0.05) is 23.2 Å². The van der Waals surface area contributed by atoms with Gasteiger partial charge in [0, 0.05) is 48.0 Å². The number of phenolic OH excluding ortho intramolecular Hbond substituents is 2. The lowest BCUT2D eigenvalue weighted by Crippen LogP contribution is -2.36. The van der Waals surface area contributed by atoms with Crippen LogP contribution in [0, 0.1) is 0 Å². The molecule has 0 spiro atoms. The normalized spacial score (nSPS) is 13.8. The molecule has 1 amide bonds. The Kier molecular flexibility index (Phi) is 5.34. The number of rotatable bonds is 3. The molecule has 0 atom stereocenters. The summed E-state index contributed by atoms with van der Waals surface area (Å²) in [5, 5.41) is 32.2. The summed E-state index contributed by atoms with van der Waals surface area (Å²) < 4.78 is 23.4. The summed E-state index contributed by atoms with van der Waals surface area (Å²) in [5.41, 5.74) is 2.30. The third kappa shape index (κ3) is 3.94. The Morgan fingerprint density at radius 1 is 1.13 bits per heavy atom. The van der Waals surface area contributed by atoms with Crippen LogP contribution in [0.1, 0.15) is 21.6 Å². The van der Waals surface area contributed by atoms with E-state index >= 15 is 0 Å². The van der Waals surface area contributed by atoms with Gasteiger partial charge in [0.15, 0.2) is 0 Å². The number of hydrogen-bond acceptors (Lipinski definition) is 6. The van der Waals surface area contributed by atoms with E-state index < -0.39 is 15.9 Å². The minimum atomic E-state index is -4.09. The Hall–Kier alpha value is -2.79. The quantitative estimate of drug-likeness (QED) is 0.450. The number of nitrogens with two attached hydrogens (primary N) is 1. The van der Waals surface area contributed by atoms with Gasteiger partial charge in [-0.05, 0) is 24.3 Å². The molecule has 3 aromatic rings. The molecule has 31 heavy (non-hydrogen) atoms. The number of fused-ring (bicyclic) bond motifs is 1. The zero-order valence-electron chi connectivity index (χ0n) is 15.8. The molecule has 1 aromatic heterocycles. The van der Waals surface area contributed by atoms with Gasteiger partial charge in [0.05, 0.1) is 10.0 Å². The third-order valence-electron chi connectivity index (χ3n) is 5.03. The number of sulfonamides is 1. The number of carbonyl (C=O) groups excluding carboxylic acids is 1. The Bertz CT molecular complexity index is 1320. The number of hydrogen-bond donors (Lipinski definition) is 4. The molecule has 0 saturated carbocycles. The minimum Gasteiger partial charge on any atom is -0.507 e. The molecule has 162 valence electrons. The molecule has 12 heteroatoms. The van der Waals surface area contributed by atoms with Gasteiger partial charge in [-0.2, -0.15) is 5.10 Å². The van der Waals surface area contributed by atoms with Crippen molar-refractivity contribution in [2.24, 2.45) is 5.14 Å². The highest BCUT2D eigenvalue weighted by atomic mass is 35.5. The summed E-state index contributed by atoms with van der Waals surface area (Å²) in [6, 6.07) is 6.39. The summed E-state index contributed by atoms with van der Waals surface area (Å²) in [4.78, 5) is 14.2. The molecule has 1 aliphatic heterocycles. The number of aromatic hydroxyl groups is 2. The van der Waals surface area contributed by atoms with E-state index in [4.69, 9.17) is 28.3 Å². The number of halogens is 2. The van der Waals surface area contributed by atoms with Gasteiger partial charge in [-0.3, -0.25) is 9.89 Å². The molecule has 9 nitrogen and oxygen atoms in total. The SMILES string of the molecule is NS(=O)(=O)c1cc(C(=O)N2CCc3[nH]nc(-c4cc(Cl)c(O)cc4O)c3C2)ccc1Cl. The van der Waals surface area contributed by atoms with E-state index in [2.05, 4.69) is 10.2 Å². The van der Waals surface area contributed by atoms with Crippen molar-refractivity contribution in [3.8, 4) is 22.8 Å². The van der Waals surface area contributed by atoms with Crippen molar-refractivity contribution >= 4 is 39.1 Å². The van der Waals surface area contributed by atoms with E-state index in [0.717, 1.165) is 17.8 Å². The molecular weight excluding hydrogens is 467 g/mol. The minimum absolute atomic E-state index is 0.0463. The summed E-state index contributed by atoms with van der Waals surface area (Å²) in [5.74, 6) is -0.889. The van der Waals surface area contributed by atoms with Gasteiger partial charge in [-0.15, -0.1) is 0 Å². The Labute approximate surface area is 187 Å². The van der Waals surface area contributed by atoms with Crippen molar-refractivity contribution in [1.29, 1.82) is 0 Å². The molecule has 0 bridgehead atoms. The number of H-pyrrole nitrogens is 1. The average molecular weight is 483 g/mol. The lowest BCUT2D eigenvalue weighted by atomic mass is 9.99. The number of nitrogens with zero attached hydrogens (tertiary/aromatic N) is 2. The molecule has 2 aromatic carbocycles. The van der Waals surface area contributed by atoms with Gasteiger partial charge in [0.1, 0.15) is 22.1 Å². The Morgan fingerprint density at radius 3 is 2.58 bits per heavy atom. The monoisotopic (exact) mass is 482 g/mol. The fourth-order valence-corrected chi connectivity index (χ4v) is 4.70. The van der Waals surface area contributed by atoms with E-state index in [9.17, 15) is 23.4 Å². The van der Waals surface area contributed by atoms with Crippen LogP contribution in [-0.4, -0.2) is 46.2 Å². The molecule has 0 saturated heterocycles. The molecule has 1 aliphatic rings. The number of primary sulfonamides is 1. The molecule has 2 heterocycles. The highest BCUT2D eigenvalue weighted by Crippen LogP contribution is 2.39. The second-order valence-corrected chi connectivity index (χ2v) is 9.36. The van der Waals surface area contributed by atoms with Gasteiger partial charge in [-0.25, -0.2) is 13.6 Å². The van der Waals surface area contributed by atoms with Crippen LogP contribution < -0.4 is 5.14 Å². The molecule has 0 aliphatic carbocycles. The number of aromatic amines is 1. The van der Waals surface area contributed by atoms with E-state index in [1.807, 2.05) is 0 Å². The number of nitrogens with one attached hydrogen (secondary N) is 1. The first-order valence-electron chi connectivity index (χ1n) is 8.96. The average Bonchev–Trinajstić information content (AvgIpc) is 3.12. The number of benzene rings is 2. The van der Waals surface area contributed by atoms with E-state index in [0.29, 0.717) is 29.8 Å². The first-order valence-corrected chi connectivity index (χ1v) is 11.3. The van der Waals surface area contributed by atoms with Gasteiger partial charge >= 0.3 is 0 Å². The molecule has 5 N–H and O–H groups in total. The predicted octanol–water partition coefficient (Wildman–Crippen LogP) is 2.64. The first kappa shape index (κ1) is 21.4. The zero-order valence-corrected chi connectivity index (χ0v) is 18.1. The van der Waals surface area contributed by atoms with E-state index in [1.165, 1.54) is 23.1 Å². The maximum Gasteiger partial charge on any atom is 0.254 e. The summed E-state index contributed by atoms with van der Waals surface area (Å²) in [6.45, 7) is 0.522. The third-order valence-corrected chi connectivity index (χ3v) is 6.72. The number of amides is 1. The Morgan fingerprint density at radius 2 is 1.87 bits per heavy atom. The van der Waals surface area contributed by atoms with Crippen molar-refractivity contribution in [2.75, 3.05) is 6.54 Å². The molecular formula is C19H16Cl2N4O5S. The highest BCUT2D eigenvalue weighted by molar-refractivity contribution is 7.89. The lowest BCUT2D eigenvalue weighted by molar-refractivity contribution is 0.0734. The predicted molar refractivity (Wildman–Crippen MR) is 114 cm³/mol. The van der Waals surface area contributed by atoms with Crippen molar-refractivity contribution in [3.05, 3.63) is 57.2 Å². The molecule has 0 radical (unpaired) electrons. The number of phenols is 2. The van der Waals surface area contributed by atoms with Crippen LogP contribution in [-0.2, 0) is 23.0 Å². The van der Waals surface area contributed by atoms with Crippen LogP contribution in [0.4, 0.5) is 0 Å². The van der Waals surface area contributed by atoms with Crippen LogP contribution in [0.15, 0.2) is 35.2 Å². The Balaban J connectivity index is 1.68. The second kappa shape index (κ2) is 7.72. The van der Waals surface area contributed by atoms with E-state index in [1.54, 1.807) is 0 Å². The van der Waals surface area contributed by atoms with Crippen LogP contribution in [0.3, 0.4) is 0 Å². The van der Waals surface area contributed by atoms with E-state index in [-0.39, 0.29) is 38.5 Å². The lowest BCUT2D eigenvalue weighted by Gasteiger charge is -2.27. The largest absolute Gasteiger partial charge is 0.507 e. The fraction of sp³-hybridized carbons (Fsp3) is 0.158. The summed E-state index contributed by atoms with van der Waals surface area (Å²) >= 11 is 11.9. The van der Waals surface area contributed by atoms with Crippen LogP contribution in [0.5, 0.6) is 11.5 Å². The number of carbonyl (C=O) groups is 1. The summed E-state index contributed by atoms with van der Waals surface area (Å²) in [7, 11) is -4.09. The molecule has 4 rings (SSSR count). The first-order chi connectivity index (χ1) is 14.6. The van der Waals surface area contributed by atoms with Crippen LogP contribution in [0.2, 0.25) is 10.0 Å². The maximum absolute atomic E-state index is 13.0. The van der Waals surface area contributed by atoms with Gasteiger partial charge < -0.3 is 15.1 Å². The van der Waals surface area contributed by atoms with Crippen LogP contribution in [0.25, 0.3) is 11.3 Å². The fourth-order valence-electron chi connectivity index (χ4n) is 3.47. The second-order valence-electron chi connectivity index (χ2n) is 7.02. The standard InChI is InChI=1S/C19H16Cl2N4O5S/c20-12-2-1-9(5-17(12)31(22,29)30)19(28)25-4-3-14-11(8-25)18(24-23-14)10-6-13(21)16(27)7-15(10)26/h1-2,5-7,26-27H,3-4,8H2,(H,23,24)(H2,22,29,30). The number of aromatic nitrogens is 2. The van der Waals surface area contributed by atoms with Crippen molar-refractivity contribution in [1.82, 2.24) is 15.1 Å². The maximum atomic E-state index is 13.0. The summed E-state index contributed by atoms with van der Waals surface area (Å²) in [6.07, 6.45) is 0.469. The molecule has 0 fully saturated rings.